The van der Waals surface area contributed by atoms with Gasteiger partial charge in [0.25, 0.3) is 0 Å². The van der Waals surface area contributed by atoms with Gasteiger partial charge in [0, 0.05) is 44.1 Å². The molecule has 0 aliphatic carbocycles. The third kappa shape index (κ3) is 3.16. The molecule has 106 valence electrons. The first kappa shape index (κ1) is 13.1. The van der Waals surface area contributed by atoms with Gasteiger partial charge in [-0.15, -0.1) is 0 Å². The number of hydrogen-bond donors (Lipinski definition) is 1. The highest BCUT2D eigenvalue weighted by atomic mass is 16.6. The van der Waals surface area contributed by atoms with E-state index in [-0.39, 0.29) is 5.60 Å². The lowest BCUT2D eigenvalue weighted by molar-refractivity contribution is -0.0903. The Morgan fingerprint density at radius 2 is 2.47 bits per heavy atom. The lowest BCUT2D eigenvalue weighted by Gasteiger charge is -2.38. The minimum atomic E-state index is -0.0126. The number of nitrogens with zero attached hydrogens (tertiary/aromatic N) is 2. The number of ether oxygens (including phenoxy) is 2. The SMILES string of the molecule is CC(Cn1cccn1)NC1CCOC2(CCOC2)C1. The van der Waals surface area contributed by atoms with Crippen LogP contribution in [0.5, 0.6) is 0 Å². The van der Waals surface area contributed by atoms with E-state index in [1.165, 1.54) is 0 Å². The summed E-state index contributed by atoms with van der Waals surface area (Å²) in [5.74, 6) is 0. The van der Waals surface area contributed by atoms with Crippen LogP contribution in [0.25, 0.3) is 0 Å². The molecule has 5 heteroatoms. The lowest BCUT2D eigenvalue weighted by Crippen LogP contribution is -2.50. The summed E-state index contributed by atoms with van der Waals surface area (Å²) in [5, 5.41) is 7.96. The summed E-state index contributed by atoms with van der Waals surface area (Å²) in [7, 11) is 0. The molecule has 1 N–H and O–H groups in total. The summed E-state index contributed by atoms with van der Waals surface area (Å²) in [6.07, 6.45) is 7.03. The van der Waals surface area contributed by atoms with Crippen LogP contribution in [-0.4, -0.2) is 47.3 Å². The number of nitrogens with one attached hydrogen (secondary N) is 1. The Morgan fingerprint density at radius 1 is 1.53 bits per heavy atom. The van der Waals surface area contributed by atoms with E-state index in [1.54, 1.807) is 0 Å². The molecule has 2 aliphatic rings. The second kappa shape index (κ2) is 5.61. The van der Waals surface area contributed by atoms with Crippen LogP contribution in [0.15, 0.2) is 18.5 Å². The van der Waals surface area contributed by atoms with Gasteiger partial charge in [0.05, 0.1) is 18.8 Å². The second-order valence-corrected chi connectivity index (χ2v) is 5.82. The zero-order valence-electron chi connectivity index (χ0n) is 11.5. The number of rotatable bonds is 4. The highest BCUT2D eigenvalue weighted by molar-refractivity contribution is 4.93. The Labute approximate surface area is 114 Å². The van der Waals surface area contributed by atoms with Crippen LogP contribution in [-0.2, 0) is 16.0 Å². The first-order chi connectivity index (χ1) is 9.26. The quantitative estimate of drug-likeness (QED) is 0.888. The Kier molecular flexibility index (Phi) is 3.86. The molecular weight excluding hydrogens is 242 g/mol. The molecule has 1 aromatic rings. The average Bonchev–Trinajstić information content (AvgIpc) is 3.02. The van der Waals surface area contributed by atoms with Crippen molar-refractivity contribution in [1.29, 1.82) is 0 Å². The van der Waals surface area contributed by atoms with E-state index in [0.29, 0.717) is 12.1 Å². The van der Waals surface area contributed by atoms with E-state index in [0.717, 1.165) is 45.6 Å². The molecule has 1 aromatic heterocycles. The zero-order chi connectivity index (χ0) is 13.1. The van der Waals surface area contributed by atoms with Crippen LogP contribution in [0.1, 0.15) is 26.2 Å². The van der Waals surface area contributed by atoms with Crippen LogP contribution < -0.4 is 5.32 Å². The molecule has 5 nitrogen and oxygen atoms in total. The van der Waals surface area contributed by atoms with E-state index < -0.39 is 0 Å². The maximum Gasteiger partial charge on any atom is 0.0951 e. The minimum Gasteiger partial charge on any atom is -0.378 e. The normalized spacial score (nSPS) is 32.8. The fourth-order valence-electron chi connectivity index (χ4n) is 3.18. The topological polar surface area (TPSA) is 48.3 Å². The van der Waals surface area contributed by atoms with Gasteiger partial charge in [-0.05, 0) is 25.8 Å². The fraction of sp³-hybridized carbons (Fsp3) is 0.786. The highest BCUT2D eigenvalue weighted by Crippen LogP contribution is 2.32. The molecule has 0 saturated carbocycles. The van der Waals surface area contributed by atoms with Gasteiger partial charge in [-0.25, -0.2) is 0 Å². The van der Waals surface area contributed by atoms with E-state index >= 15 is 0 Å². The molecule has 19 heavy (non-hydrogen) atoms. The molecule has 2 fully saturated rings. The molecule has 2 saturated heterocycles. The zero-order valence-corrected chi connectivity index (χ0v) is 11.5. The van der Waals surface area contributed by atoms with Crippen molar-refractivity contribution in [2.75, 3.05) is 19.8 Å². The summed E-state index contributed by atoms with van der Waals surface area (Å²) < 4.78 is 13.4. The van der Waals surface area contributed by atoms with Gasteiger partial charge in [0.1, 0.15) is 0 Å². The van der Waals surface area contributed by atoms with Crippen molar-refractivity contribution in [2.45, 2.75) is 50.4 Å². The van der Waals surface area contributed by atoms with Crippen molar-refractivity contribution in [1.82, 2.24) is 15.1 Å². The van der Waals surface area contributed by atoms with Gasteiger partial charge in [-0.1, -0.05) is 0 Å². The predicted octanol–water partition coefficient (Wildman–Crippen LogP) is 1.20. The summed E-state index contributed by atoms with van der Waals surface area (Å²) in [6.45, 7) is 5.58. The molecule has 0 bridgehead atoms. The molecular formula is C14H23N3O2. The molecule has 3 atom stereocenters. The van der Waals surface area contributed by atoms with Crippen LogP contribution in [0.4, 0.5) is 0 Å². The van der Waals surface area contributed by atoms with Crippen LogP contribution in [0.3, 0.4) is 0 Å². The van der Waals surface area contributed by atoms with Crippen molar-refractivity contribution < 1.29 is 9.47 Å². The van der Waals surface area contributed by atoms with E-state index in [9.17, 15) is 0 Å². The largest absolute Gasteiger partial charge is 0.378 e. The third-order valence-corrected chi connectivity index (χ3v) is 4.10. The van der Waals surface area contributed by atoms with Crippen LogP contribution >= 0.6 is 0 Å². The molecule has 0 amide bonds. The Hall–Kier alpha value is -0.910. The summed E-state index contributed by atoms with van der Waals surface area (Å²) >= 11 is 0. The molecule has 1 spiro atoms. The molecule has 2 aliphatic heterocycles. The van der Waals surface area contributed by atoms with Gasteiger partial charge < -0.3 is 14.8 Å². The van der Waals surface area contributed by atoms with Crippen LogP contribution in [0, 0.1) is 0 Å². The smallest absolute Gasteiger partial charge is 0.0951 e. The van der Waals surface area contributed by atoms with Gasteiger partial charge in [0.2, 0.25) is 0 Å². The van der Waals surface area contributed by atoms with Crippen molar-refractivity contribution >= 4 is 0 Å². The lowest BCUT2D eigenvalue weighted by atomic mass is 9.89. The third-order valence-electron chi connectivity index (χ3n) is 4.10. The number of aromatic nitrogens is 2. The van der Waals surface area contributed by atoms with E-state index in [2.05, 4.69) is 17.3 Å². The maximum absolute atomic E-state index is 5.96. The summed E-state index contributed by atoms with van der Waals surface area (Å²) in [4.78, 5) is 0. The molecule has 0 aromatic carbocycles. The van der Waals surface area contributed by atoms with Gasteiger partial charge >= 0.3 is 0 Å². The molecule has 0 radical (unpaired) electrons. The highest BCUT2D eigenvalue weighted by Gasteiger charge is 2.41. The predicted molar refractivity (Wildman–Crippen MR) is 72.0 cm³/mol. The maximum atomic E-state index is 5.96. The fourth-order valence-corrected chi connectivity index (χ4v) is 3.18. The van der Waals surface area contributed by atoms with Crippen molar-refractivity contribution in [2.24, 2.45) is 0 Å². The van der Waals surface area contributed by atoms with E-state index in [4.69, 9.17) is 9.47 Å². The summed E-state index contributed by atoms with van der Waals surface area (Å²) in [5.41, 5.74) is -0.0126. The van der Waals surface area contributed by atoms with Crippen molar-refractivity contribution in [3.63, 3.8) is 0 Å². The molecule has 3 heterocycles. The van der Waals surface area contributed by atoms with E-state index in [1.807, 2.05) is 23.1 Å². The molecule has 3 unspecified atom stereocenters. The van der Waals surface area contributed by atoms with Gasteiger partial charge in [-0.3, -0.25) is 4.68 Å². The first-order valence-electron chi connectivity index (χ1n) is 7.21. The minimum absolute atomic E-state index is 0.0126. The van der Waals surface area contributed by atoms with Gasteiger partial charge in [0.15, 0.2) is 0 Å². The monoisotopic (exact) mass is 265 g/mol. The Balaban J connectivity index is 1.51. The molecule has 3 rings (SSSR count). The van der Waals surface area contributed by atoms with Crippen molar-refractivity contribution in [3.05, 3.63) is 18.5 Å². The number of hydrogen-bond acceptors (Lipinski definition) is 4. The van der Waals surface area contributed by atoms with Gasteiger partial charge in [-0.2, -0.15) is 5.10 Å². The Morgan fingerprint density at radius 3 is 3.21 bits per heavy atom. The Bertz CT molecular complexity index is 387. The average molecular weight is 265 g/mol. The van der Waals surface area contributed by atoms with Crippen molar-refractivity contribution in [3.8, 4) is 0 Å². The van der Waals surface area contributed by atoms with Crippen LogP contribution in [0.2, 0.25) is 0 Å². The first-order valence-corrected chi connectivity index (χ1v) is 7.21. The second-order valence-electron chi connectivity index (χ2n) is 5.82. The summed E-state index contributed by atoms with van der Waals surface area (Å²) in [6, 6.07) is 2.91. The standard InChI is InChI=1S/C14H23N3O2/c1-12(10-17-6-2-5-15-17)16-13-3-7-19-14(9-13)4-8-18-11-14/h2,5-6,12-13,16H,3-4,7-11H2,1H3.